The predicted octanol–water partition coefficient (Wildman–Crippen LogP) is 1.35. The Labute approximate surface area is 162 Å². The minimum atomic E-state index is -4.21. The molecule has 11 heteroatoms. The first kappa shape index (κ1) is 20.2. The zero-order valence-electron chi connectivity index (χ0n) is 14.7. The molecule has 0 atom stereocenters. The minimum Gasteiger partial charge on any atom is -0.593 e. The molecule has 1 fully saturated rings. The summed E-state index contributed by atoms with van der Waals surface area (Å²) < 4.78 is 50.6. The van der Waals surface area contributed by atoms with Crippen LogP contribution >= 0.6 is 0 Å². The first-order chi connectivity index (χ1) is 13.1. The van der Waals surface area contributed by atoms with Crippen molar-refractivity contribution in [2.75, 3.05) is 0 Å². The van der Waals surface area contributed by atoms with Crippen molar-refractivity contribution in [3.8, 4) is 0 Å². The molecule has 28 heavy (non-hydrogen) atoms. The van der Waals surface area contributed by atoms with E-state index in [1.54, 1.807) is 0 Å². The summed E-state index contributed by atoms with van der Waals surface area (Å²) in [5.41, 5.74) is -0.0975. The van der Waals surface area contributed by atoms with Gasteiger partial charge in [-0.15, -0.1) is 0 Å². The molecule has 1 aromatic heterocycles. The molecule has 0 bridgehead atoms. The molecule has 0 unspecified atom stereocenters. The van der Waals surface area contributed by atoms with Crippen LogP contribution < -0.4 is 4.85 Å². The van der Waals surface area contributed by atoms with Crippen LogP contribution in [0.3, 0.4) is 0 Å². The van der Waals surface area contributed by atoms with Crippen LogP contribution in [0.4, 0.5) is 0 Å². The van der Waals surface area contributed by atoms with Crippen molar-refractivity contribution in [2.24, 2.45) is 0 Å². The molecule has 2 aromatic rings. The molecule has 0 saturated heterocycles. The number of carboxylic acids is 1. The van der Waals surface area contributed by atoms with Crippen LogP contribution in [-0.4, -0.2) is 38.3 Å². The number of aromatic carboxylic acids is 1. The molecule has 1 aliphatic carbocycles. The van der Waals surface area contributed by atoms with E-state index in [9.17, 15) is 26.8 Å². The highest BCUT2D eigenvalue weighted by molar-refractivity contribution is 7.92. The van der Waals surface area contributed by atoms with Gasteiger partial charge in [0.05, 0.1) is 15.7 Å². The number of aromatic nitrogens is 2. The lowest BCUT2D eigenvalue weighted by Gasteiger charge is -2.20. The second kappa shape index (κ2) is 7.47. The third kappa shape index (κ3) is 3.72. The Kier molecular flexibility index (Phi) is 5.39. The molecule has 0 amide bonds. The molecule has 3 rings (SSSR count). The Morgan fingerprint density at radius 3 is 2.14 bits per heavy atom. The standard InChI is InChI=1S/C17H18N2O7S2/c20-17(21)12-6-8-14(9-7-12)27(23,24)15-10-11-16(19(22)18-15)28(25,26)13-4-2-1-3-5-13/h6-11,13H,1-5H2,(H,20,21). The van der Waals surface area contributed by atoms with Gasteiger partial charge in [0.25, 0.3) is 0 Å². The third-order valence-electron chi connectivity index (χ3n) is 4.72. The van der Waals surface area contributed by atoms with Gasteiger partial charge in [-0.3, -0.25) is 0 Å². The summed E-state index contributed by atoms with van der Waals surface area (Å²) in [4.78, 5) is 10.5. The number of sulfone groups is 2. The first-order valence-electron chi connectivity index (χ1n) is 8.57. The smallest absolute Gasteiger partial charge is 0.335 e. The van der Waals surface area contributed by atoms with Gasteiger partial charge in [0.2, 0.25) is 24.7 Å². The molecule has 1 heterocycles. The van der Waals surface area contributed by atoms with Gasteiger partial charge in [-0.25, -0.2) is 21.6 Å². The van der Waals surface area contributed by atoms with Crippen LogP contribution in [0.1, 0.15) is 42.5 Å². The second-order valence-corrected chi connectivity index (χ2v) is 10.6. The van der Waals surface area contributed by atoms with Crippen molar-refractivity contribution in [3.63, 3.8) is 0 Å². The summed E-state index contributed by atoms with van der Waals surface area (Å²) in [5, 5.41) is 22.7. The minimum absolute atomic E-state index is 0.0975. The number of benzene rings is 1. The molecular weight excluding hydrogens is 408 g/mol. The lowest BCUT2D eigenvalue weighted by atomic mass is 10.0. The number of hydrogen-bond acceptors (Lipinski definition) is 7. The summed E-state index contributed by atoms with van der Waals surface area (Å²) in [5.74, 6) is -1.21. The van der Waals surface area contributed by atoms with Crippen LogP contribution in [0.2, 0.25) is 0 Å². The second-order valence-electron chi connectivity index (χ2n) is 6.52. The van der Waals surface area contributed by atoms with E-state index in [1.165, 1.54) is 0 Å². The number of rotatable bonds is 5. The molecule has 9 nitrogen and oxygen atoms in total. The van der Waals surface area contributed by atoms with Gasteiger partial charge in [-0.05, 0) is 48.0 Å². The topological polar surface area (TPSA) is 145 Å². The maximum absolute atomic E-state index is 12.7. The van der Waals surface area contributed by atoms with Crippen molar-refractivity contribution in [3.05, 3.63) is 47.2 Å². The number of hydrogen-bond donors (Lipinski definition) is 1. The number of carboxylic acid groups (broad SMARTS) is 1. The normalized spacial score (nSPS) is 16.0. The zero-order chi connectivity index (χ0) is 20.5. The molecule has 0 radical (unpaired) electrons. The molecule has 0 spiro atoms. The SMILES string of the molecule is O=C(O)c1ccc(S(=O)(=O)c2ccc(S(=O)(=O)C3CCCCC3)[n+]([O-])n2)cc1. The van der Waals surface area contributed by atoms with E-state index in [4.69, 9.17) is 5.11 Å². The highest BCUT2D eigenvalue weighted by Crippen LogP contribution is 2.27. The van der Waals surface area contributed by atoms with E-state index in [0.29, 0.717) is 12.8 Å². The summed E-state index contributed by atoms with van der Waals surface area (Å²) in [7, 11) is -8.12. The van der Waals surface area contributed by atoms with Crippen LogP contribution in [0.15, 0.2) is 51.3 Å². The molecule has 1 aliphatic rings. The maximum atomic E-state index is 12.7. The van der Waals surface area contributed by atoms with Gasteiger partial charge < -0.3 is 10.3 Å². The fraction of sp³-hybridized carbons (Fsp3) is 0.353. The summed E-state index contributed by atoms with van der Waals surface area (Å²) in [6, 6.07) is 6.34. The van der Waals surface area contributed by atoms with Gasteiger partial charge >= 0.3 is 11.0 Å². The number of carbonyl (C=O) groups is 1. The fourth-order valence-corrected chi connectivity index (χ4v) is 6.15. The van der Waals surface area contributed by atoms with Gasteiger partial charge in [0.1, 0.15) is 0 Å². The van der Waals surface area contributed by atoms with E-state index < -0.39 is 40.9 Å². The Bertz CT molecular complexity index is 1100. The predicted molar refractivity (Wildman–Crippen MR) is 96.1 cm³/mol. The maximum Gasteiger partial charge on any atom is 0.335 e. The summed E-state index contributed by atoms with van der Waals surface area (Å²) >= 11 is 0. The largest absolute Gasteiger partial charge is 0.593 e. The molecule has 150 valence electrons. The average Bonchev–Trinajstić information content (AvgIpc) is 2.68. The van der Waals surface area contributed by atoms with Gasteiger partial charge in [-0.2, -0.15) is 0 Å². The van der Waals surface area contributed by atoms with Crippen molar-refractivity contribution >= 4 is 25.6 Å². The molecule has 0 aliphatic heterocycles. The monoisotopic (exact) mass is 426 g/mol. The molecule has 1 saturated carbocycles. The molecule has 1 N–H and O–H groups in total. The van der Waals surface area contributed by atoms with Gasteiger partial charge in [0, 0.05) is 11.2 Å². The van der Waals surface area contributed by atoms with Gasteiger partial charge in [0.15, 0.2) is 0 Å². The summed E-state index contributed by atoms with van der Waals surface area (Å²) in [6.07, 6.45) is 3.38. The van der Waals surface area contributed by atoms with Gasteiger partial charge in [-0.1, -0.05) is 19.3 Å². The van der Waals surface area contributed by atoms with E-state index in [1.807, 2.05) is 0 Å². The third-order valence-corrected chi connectivity index (χ3v) is 8.60. The zero-order valence-corrected chi connectivity index (χ0v) is 16.3. The Morgan fingerprint density at radius 1 is 1.00 bits per heavy atom. The number of nitrogens with zero attached hydrogens (tertiary/aromatic N) is 2. The Balaban J connectivity index is 1.96. The van der Waals surface area contributed by atoms with Crippen LogP contribution in [0, 0.1) is 5.21 Å². The van der Waals surface area contributed by atoms with Crippen molar-refractivity contribution in [2.45, 2.75) is 52.3 Å². The fourth-order valence-electron chi connectivity index (χ4n) is 3.17. The van der Waals surface area contributed by atoms with E-state index in [2.05, 4.69) is 5.10 Å². The van der Waals surface area contributed by atoms with Crippen molar-refractivity contribution in [1.82, 2.24) is 5.10 Å². The van der Waals surface area contributed by atoms with Crippen LogP contribution in [-0.2, 0) is 19.7 Å². The quantitative estimate of drug-likeness (QED) is 0.557. The van der Waals surface area contributed by atoms with E-state index in [-0.39, 0.29) is 15.3 Å². The van der Waals surface area contributed by atoms with Crippen molar-refractivity contribution in [1.29, 1.82) is 0 Å². The van der Waals surface area contributed by atoms with E-state index >= 15 is 0 Å². The Hall–Kier alpha value is -2.53. The van der Waals surface area contributed by atoms with Crippen molar-refractivity contribution < 1.29 is 31.6 Å². The Morgan fingerprint density at radius 2 is 1.61 bits per heavy atom. The lowest BCUT2D eigenvalue weighted by Crippen LogP contribution is -2.42. The summed E-state index contributed by atoms with van der Waals surface area (Å²) in [6.45, 7) is 0. The lowest BCUT2D eigenvalue weighted by molar-refractivity contribution is -0.711. The van der Waals surface area contributed by atoms with E-state index in [0.717, 1.165) is 55.7 Å². The average molecular weight is 426 g/mol. The molecule has 1 aromatic carbocycles. The van der Waals surface area contributed by atoms with Crippen LogP contribution in [0.25, 0.3) is 0 Å². The first-order valence-corrected chi connectivity index (χ1v) is 11.6. The highest BCUT2D eigenvalue weighted by Gasteiger charge is 2.36. The molecular formula is C17H18N2O7S2. The highest BCUT2D eigenvalue weighted by atomic mass is 32.2. The van der Waals surface area contributed by atoms with Crippen LogP contribution in [0.5, 0.6) is 0 Å².